The third-order valence-corrected chi connectivity index (χ3v) is 5.96. The van der Waals surface area contributed by atoms with E-state index in [1.54, 1.807) is 17.3 Å². The van der Waals surface area contributed by atoms with Gasteiger partial charge in [-0.15, -0.1) is 0 Å². The number of carbonyl (C=O) groups is 2. The molecule has 4 rings (SSSR count). The van der Waals surface area contributed by atoms with Crippen LogP contribution < -0.4 is 0 Å². The van der Waals surface area contributed by atoms with Crippen LogP contribution in [0.15, 0.2) is 19.0 Å². The molecule has 1 fully saturated rings. The molecule has 0 aliphatic carbocycles. The maximum Gasteiger partial charge on any atom is 0.247 e. The van der Waals surface area contributed by atoms with Crippen molar-refractivity contribution >= 4 is 11.8 Å². The summed E-state index contributed by atoms with van der Waals surface area (Å²) in [6, 6.07) is -0.387. The fraction of sp³-hybridized carbons (Fsp3) is 0.611. The van der Waals surface area contributed by atoms with Crippen LogP contribution in [0.25, 0.3) is 0 Å². The summed E-state index contributed by atoms with van der Waals surface area (Å²) in [5, 5.41) is 4.08. The SMILES string of the molecule is CCC(=O)N1CCc2[nH]cnc2C12CCN(C(=O)[C@@H](C)n1cncn1)CC2. The topological polar surface area (TPSA) is 100 Å². The van der Waals surface area contributed by atoms with Crippen LogP contribution in [0.1, 0.15) is 50.5 Å². The minimum Gasteiger partial charge on any atom is -0.348 e. The lowest BCUT2D eigenvalue weighted by Gasteiger charge is -2.50. The number of H-pyrrole nitrogens is 1. The Morgan fingerprint density at radius 2 is 2.07 bits per heavy atom. The van der Waals surface area contributed by atoms with Gasteiger partial charge in [0.15, 0.2) is 0 Å². The Morgan fingerprint density at radius 1 is 1.30 bits per heavy atom. The third-order valence-electron chi connectivity index (χ3n) is 5.96. The highest BCUT2D eigenvalue weighted by molar-refractivity contribution is 5.80. The molecule has 1 spiro atoms. The number of hydrogen-bond donors (Lipinski definition) is 1. The zero-order chi connectivity index (χ0) is 19.0. The first-order chi connectivity index (χ1) is 13.1. The number of nitrogens with one attached hydrogen (secondary N) is 1. The van der Waals surface area contributed by atoms with Crippen LogP contribution in [0, 0.1) is 0 Å². The van der Waals surface area contributed by atoms with Gasteiger partial charge in [0.25, 0.3) is 0 Å². The second-order valence-corrected chi connectivity index (χ2v) is 7.29. The number of aromatic nitrogens is 5. The maximum absolute atomic E-state index is 12.9. The number of fused-ring (bicyclic) bond motifs is 2. The van der Waals surface area contributed by atoms with E-state index in [0.29, 0.717) is 38.9 Å². The first-order valence-corrected chi connectivity index (χ1v) is 9.53. The third kappa shape index (κ3) is 2.81. The van der Waals surface area contributed by atoms with Gasteiger partial charge in [-0.1, -0.05) is 6.92 Å². The summed E-state index contributed by atoms with van der Waals surface area (Å²) in [6.45, 7) is 5.62. The first kappa shape index (κ1) is 17.7. The highest BCUT2D eigenvalue weighted by Gasteiger charge is 2.49. The molecule has 2 amide bonds. The minimum atomic E-state index is -0.409. The molecular formula is C18H25N7O2. The normalized spacial score (nSPS) is 19.8. The van der Waals surface area contributed by atoms with Crippen molar-refractivity contribution in [3.63, 3.8) is 0 Å². The number of imidazole rings is 1. The van der Waals surface area contributed by atoms with E-state index < -0.39 is 5.54 Å². The van der Waals surface area contributed by atoms with Crippen molar-refractivity contribution in [1.29, 1.82) is 0 Å². The molecule has 2 aliphatic heterocycles. The second kappa shape index (κ2) is 6.79. The van der Waals surface area contributed by atoms with Crippen LogP contribution in [0.4, 0.5) is 0 Å². The first-order valence-electron chi connectivity index (χ1n) is 9.53. The molecule has 1 saturated heterocycles. The summed E-state index contributed by atoms with van der Waals surface area (Å²) in [4.78, 5) is 41.1. The van der Waals surface area contributed by atoms with Crippen molar-refractivity contribution in [3.05, 3.63) is 30.4 Å². The predicted molar refractivity (Wildman–Crippen MR) is 96.5 cm³/mol. The Morgan fingerprint density at radius 3 is 2.74 bits per heavy atom. The van der Waals surface area contributed by atoms with Crippen LogP contribution in [0.2, 0.25) is 0 Å². The molecule has 4 heterocycles. The van der Waals surface area contributed by atoms with Crippen molar-refractivity contribution in [2.75, 3.05) is 19.6 Å². The van der Waals surface area contributed by atoms with Crippen LogP contribution >= 0.6 is 0 Å². The Bertz CT molecular complexity index is 821. The van der Waals surface area contributed by atoms with E-state index in [0.717, 1.165) is 17.8 Å². The highest BCUT2D eigenvalue weighted by atomic mass is 16.2. The second-order valence-electron chi connectivity index (χ2n) is 7.29. The number of amides is 2. The van der Waals surface area contributed by atoms with Crippen molar-refractivity contribution in [2.24, 2.45) is 0 Å². The van der Waals surface area contributed by atoms with Gasteiger partial charge in [-0.2, -0.15) is 5.10 Å². The Hall–Kier alpha value is -2.71. The lowest BCUT2D eigenvalue weighted by atomic mass is 9.78. The van der Waals surface area contributed by atoms with Crippen molar-refractivity contribution in [1.82, 2.24) is 34.5 Å². The molecule has 1 N–H and O–H groups in total. The van der Waals surface area contributed by atoms with Crippen LogP contribution in [-0.2, 0) is 21.5 Å². The molecule has 27 heavy (non-hydrogen) atoms. The Balaban J connectivity index is 1.55. The van der Waals surface area contributed by atoms with Gasteiger partial charge in [-0.05, 0) is 19.8 Å². The lowest BCUT2D eigenvalue weighted by molar-refractivity contribution is -0.145. The minimum absolute atomic E-state index is 0.0294. The van der Waals surface area contributed by atoms with E-state index in [1.165, 1.54) is 6.33 Å². The van der Waals surface area contributed by atoms with Crippen LogP contribution in [0.3, 0.4) is 0 Å². The number of nitrogens with zero attached hydrogens (tertiary/aromatic N) is 6. The van der Waals surface area contributed by atoms with Crippen LogP contribution in [-0.4, -0.2) is 66.0 Å². The van der Waals surface area contributed by atoms with Crippen LogP contribution in [0.5, 0.6) is 0 Å². The molecule has 1 atom stereocenters. The van der Waals surface area contributed by atoms with E-state index in [9.17, 15) is 9.59 Å². The lowest BCUT2D eigenvalue weighted by Crippen LogP contribution is -2.59. The molecule has 9 nitrogen and oxygen atoms in total. The number of carbonyl (C=O) groups excluding carboxylic acids is 2. The van der Waals surface area contributed by atoms with Gasteiger partial charge >= 0.3 is 0 Å². The molecule has 0 bridgehead atoms. The molecule has 9 heteroatoms. The Kier molecular flexibility index (Phi) is 4.45. The number of likely N-dealkylation sites (tertiary alicyclic amines) is 1. The summed E-state index contributed by atoms with van der Waals surface area (Å²) >= 11 is 0. The number of rotatable bonds is 3. The molecule has 2 aromatic heterocycles. The zero-order valence-corrected chi connectivity index (χ0v) is 15.8. The van der Waals surface area contributed by atoms with Crippen molar-refractivity contribution < 1.29 is 9.59 Å². The molecule has 2 aliphatic rings. The predicted octanol–water partition coefficient (Wildman–Crippen LogP) is 0.875. The van der Waals surface area contributed by atoms with E-state index in [2.05, 4.69) is 20.1 Å². The number of aromatic amines is 1. The molecule has 144 valence electrons. The van der Waals surface area contributed by atoms with E-state index in [1.807, 2.05) is 23.6 Å². The summed E-state index contributed by atoms with van der Waals surface area (Å²) in [5.41, 5.74) is 1.69. The molecule has 0 saturated carbocycles. The maximum atomic E-state index is 12.9. The van der Waals surface area contributed by atoms with Gasteiger partial charge in [0.05, 0.1) is 17.6 Å². The van der Waals surface area contributed by atoms with Gasteiger partial charge in [-0.3, -0.25) is 9.59 Å². The standard InChI is InChI=1S/C18H25N7O2/c1-3-15(26)24-7-4-14-16(21-11-20-14)18(24)5-8-23(9-6-18)17(27)13(2)25-12-19-10-22-25/h10-13H,3-9H2,1-2H3,(H,20,21)/t13-/m1/s1. The average Bonchev–Trinajstić information content (AvgIpc) is 3.39. The number of hydrogen-bond acceptors (Lipinski definition) is 5. The van der Waals surface area contributed by atoms with Gasteiger partial charge in [0.2, 0.25) is 11.8 Å². The quantitative estimate of drug-likeness (QED) is 0.863. The summed E-state index contributed by atoms with van der Waals surface area (Å²) < 4.78 is 1.58. The smallest absolute Gasteiger partial charge is 0.247 e. The fourth-order valence-electron chi connectivity index (χ4n) is 4.43. The summed E-state index contributed by atoms with van der Waals surface area (Å²) in [5.74, 6) is 0.182. The van der Waals surface area contributed by atoms with Crippen molar-refractivity contribution in [2.45, 2.75) is 51.1 Å². The molecule has 2 aromatic rings. The monoisotopic (exact) mass is 371 g/mol. The van der Waals surface area contributed by atoms with E-state index in [-0.39, 0.29) is 17.9 Å². The molecule has 0 radical (unpaired) electrons. The largest absolute Gasteiger partial charge is 0.348 e. The molecule has 0 unspecified atom stereocenters. The van der Waals surface area contributed by atoms with Gasteiger partial charge in [-0.25, -0.2) is 14.6 Å². The molecule has 0 aromatic carbocycles. The zero-order valence-electron chi connectivity index (χ0n) is 15.8. The molecular weight excluding hydrogens is 346 g/mol. The van der Waals surface area contributed by atoms with Gasteiger partial charge in [0, 0.05) is 38.2 Å². The fourth-order valence-corrected chi connectivity index (χ4v) is 4.43. The van der Waals surface area contributed by atoms with E-state index in [4.69, 9.17) is 0 Å². The average molecular weight is 371 g/mol. The van der Waals surface area contributed by atoms with Gasteiger partial charge < -0.3 is 14.8 Å². The highest BCUT2D eigenvalue weighted by Crippen LogP contribution is 2.42. The summed E-state index contributed by atoms with van der Waals surface area (Å²) in [7, 11) is 0. The van der Waals surface area contributed by atoms with E-state index >= 15 is 0 Å². The van der Waals surface area contributed by atoms with Gasteiger partial charge in [0.1, 0.15) is 18.7 Å². The summed E-state index contributed by atoms with van der Waals surface area (Å²) in [6.07, 6.45) is 7.40. The number of piperidine rings is 1. The Labute approximate surface area is 157 Å². The van der Waals surface area contributed by atoms with Crippen molar-refractivity contribution in [3.8, 4) is 0 Å².